The third-order valence-electron chi connectivity index (χ3n) is 2.48. The number of fused-ring (bicyclic) bond motifs is 1. The number of hydrogen-bond acceptors (Lipinski definition) is 1. The molecule has 0 spiro atoms. The van der Waals surface area contributed by atoms with Crippen molar-refractivity contribution in [3.8, 4) is 0 Å². The van der Waals surface area contributed by atoms with E-state index in [4.69, 9.17) is 18.0 Å². The summed E-state index contributed by atoms with van der Waals surface area (Å²) < 4.78 is 0. The molecule has 2 rings (SSSR count). The zero-order valence-electron chi connectivity index (χ0n) is 6.79. The lowest BCUT2D eigenvalue weighted by Gasteiger charge is -2.07. The number of aryl methyl sites for hydroxylation is 1. The highest BCUT2D eigenvalue weighted by Gasteiger charge is 2.23. The van der Waals surface area contributed by atoms with Crippen LogP contribution in [0.1, 0.15) is 23.5 Å². The van der Waals surface area contributed by atoms with Crippen molar-refractivity contribution in [2.45, 2.75) is 18.8 Å². The van der Waals surface area contributed by atoms with E-state index in [2.05, 4.69) is 24.3 Å². The van der Waals surface area contributed by atoms with Gasteiger partial charge in [0.2, 0.25) is 0 Å². The molecule has 1 atom stereocenters. The van der Waals surface area contributed by atoms with E-state index in [0.29, 0.717) is 10.9 Å². The summed E-state index contributed by atoms with van der Waals surface area (Å²) in [7, 11) is 0. The van der Waals surface area contributed by atoms with Crippen LogP contribution in [0.15, 0.2) is 24.3 Å². The van der Waals surface area contributed by atoms with E-state index in [-0.39, 0.29) is 0 Å². The van der Waals surface area contributed by atoms with E-state index in [1.807, 2.05) is 0 Å². The summed E-state index contributed by atoms with van der Waals surface area (Å²) >= 11 is 5.01. The molecule has 12 heavy (non-hydrogen) atoms. The van der Waals surface area contributed by atoms with Crippen LogP contribution in [0.5, 0.6) is 0 Å². The first kappa shape index (κ1) is 7.74. The van der Waals surface area contributed by atoms with Crippen LogP contribution in [0.3, 0.4) is 0 Å². The Bertz CT molecular complexity index is 319. The van der Waals surface area contributed by atoms with Gasteiger partial charge in [0.1, 0.15) is 0 Å². The summed E-state index contributed by atoms with van der Waals surface area (Å²) in [5, 5.41) is 0. The second kappa shape index (κ2) is 2.87. The Morgan fingerprint density at radius 3 is 2.92 bits per heavy atom. The molecule has 0 heterocycles. The van der Waals surface area contributed by atoms with Crippen LogP contribution in [0.4, 0.5) is 0 Å². The van der Waals surface area contributed by atoms with Crippen LogP contribution < -0.4 is 5.73 Å². The van der Waals surface area contributed by atoms with Gasteiger partial charge in [0.25, 0.3) is 0 Å². The SMILES string of the molecule is NC(=S)C1CCc2ccccc21. The molecule has 1 aromatic rings. The first-order valence-corrected chi connectivity index (χ1v) is 4.57. The van der Waals surface area contributed by atoms with Crippen molar-refractivity contribution in [3.05, 3.63) is 35.4 Å². The molecule has 0 aliphatic heterocycles. The first-order chi connectivity index (χ1) is 5.79. The lowest BCUT2D eigenvalue weighted by Crippen LogP contribution is -2.16. The van der Waals surface area contributed by atoms with Gasteiger partial charge in [-0.1, -0.05) is 36.5 Å². The van der Waals surface area contributed by atoms with Crippen molar-refractivity contribution in [1.29, 1.82) is 0 Å². The Balaban J connectivity index is 2.42. The summed E-state index contributed by atoms with van der Waals surface area (Å²) in [6.45, 7) is 0. The molecule has 2 N–H and O–H groups in total. The molecule has 1 aromatic carbocycles. The van der Waals surface area contributed by atoms with E-state index in [9.17, 15) is 0 Å². The van der Waals surface area contributed by atoms with Gasteiger partial charge in [0.05, 0.1) is 4.99 Å². The number of benzene rings is 1. The van der Waals surface area contributed by atoms with Crippen molar-refractivity contribution in [2.24, 2.45) is 5.73 Å². The summed E-state index contributed by atoms with van der Waals surface area (Å²) in [6.07, 6.45) is 2.22. The molecule has 1 aliphatic carbocycles. The largest absolute Gasteiger partial charge is 0.393 e. The monoisotopic (exact) mass is 177 g/mol. The highest BCUT2D eigenvalue weighted by Crippen LogP contribution is 2.32. The van der Waals surface area contributed by atoms with Gasteiger partial charge in [-0.05, 0) is 24.0 Å². The topological polar surface area (TPSA) is 26.0 Å². The Hall–Kier alpha value is -0.890. The highest BCUT2D eigenvalue weighted by molar-refractivity contribution is 7.80. The number of thiocarbonyl (C=S) groups is 1. The van der Waals surface area contributed by atoms with Gasteiger partial charge < -0.3 is 5.73 Å². The van der Waals surface area contributed by atoms with Crippen LogP contribution in [0.2, 0.25) is 0 Å². The van der Waals surface area contributed by atoms with Gasteiger partial charge >= 0.3 is 0 Å². The van der Waals surface area contributed by atoms with Gasteiger partial charge in [-0.3, -0.25) is 0 Å². The minimum Gasteiger partial charge on any atom is -0.393 e. The van der Waals surface area contributed by atoms with Crippen LogP contribution in [0, 0.1) is 0 Å². The third-order valence-corrected chi connectivity index (χ3v) is 2.76. The van der Waals surface area contributed by atoms with Crippen molar-refractivity contribution in [3.63, 3.8) is 0 Å². The number of hydrogen-bond donors (Lipinski definition) is 1. The Labute approximate surface area is 77.6 Å². The molecule has 2 heteroatoms. The van der Waals surface area contributed by atoms with Gasteiger partial charge in [-0.2, -0.15) is 0 Å². The van der Waals surface area contributed by atoms with E-state index in [1.54, 1.807) is 0 Å². The van der Waals surface area contributed by atoms with Crippen molar-refractivity contribution < 1.29 is 0 Å². The minimum absolute atomic E-state index is 0.330. The second-order valence-corrected chi connectivity index (χ2v) is 3.66. The molecule has 1 aliphatic rings. The molecule has 0 saturated heterocycles. The molecular weight excluding hydrogens is 166 g/mol. The Morgan fingerprint density at radius 2 is 2.17 bits per heavy atom. The van der Waals surface area contributed by atoms with Gasteiger partial charge in [-0.25, -0.2) is 0 Å². The van der Waals surface area contributed by atoms with Crippen LogP contribution in [0.25, 0.3) is 0 Å². The zero-order valence-corrected chi connectivity index (χ0v) is 7.60. The maximum atomic E-state index is 5.64. The fourth-order valence-electron chi connectivity index (χ4n) is 1.85. The molecule has 1 nitrogen and oxygen atoms in total. The van der Waals surface area contributed by atoms with Crippen molar-refractivity contribution >= 4 is 17.2 Å². The van der Waals surface area contributed by atoms with E-state index in [0.717, 1.165) is 12.8 Å². The number of nitrogens with two attached hydrogens (primary N) is 1. The average molecular weight is 177 g/mol. The van der Waals surface area contributed by atoms with Gasteiger partial charge in [0.15, 0.2) is 0 Å². The molecule has 0 bridgehead atoms. The summed E-state index contributed by atoms with van der Waals surface area (Å²) in [6, 6.07) is 8.41. The predicted molar refractivity (Wildman–Crippen MR) is 54.3 cm³/mol. The molecule has 0 amide bonds. The van der Waals surface area contributed by atoms with Gasteiger partial charge in [-0.15, -0.1) is 0 Å². The van der Waals surface area contributed by atoms with Gasteiger partial charge in [0, 0.05) is 5.92 Å². The summed E-state index contributed by atoms with van der Waals surface area (Å²) in [4.78, 5) is 0.639. The average Bonchev–Trinajstić information content (AvgIpc) is 2.47. The van der Waals surface area contributed by atoms with Crippen molar-refractivity contribution in [1.82, 2.24) is 0 Å². The Morgan fingerprint density at radius 1 is 1.42 bits per heavy atom. The van der Waals surface area contributed by atoms with Crippen LogP contribution in [-0.4, -0.2) is 4.99 Å². The standard InChI is InChI=1S/C10H11NS/c11-10(12)9-6-5-7-3-1-2-4-8(7)9/h1-4,9H,5-6H2,(H2,11,12). The van der Waals surface area contributed by atoms with Crippen molar-refractivity contribution in [2.75, 3.05) is 0 Å². The molecule has 62 valence electrons. The van der Waals surface area contributed by atoms with E-state index in [1.165, 1.54) is 11.1 Å². The smallest absolute Gasteiger partial charge is 0.0803 e. The minimum atomic E-state index is 0.330. The van der Waals surface area contributed by atoms with E-state index >= 15 is 0 Å². The molecule has 0 saturated carbocycles. The van der Waals surface area contributed by atoms with Crippen LogP contribution >= 0.6 is 12.2 Å². The molecule has 0 fully saturated rings. The fourth-order valence-corrected chi connectivity index (χ4v) is 2.10. The molecule has 1 unspecified atom stereocenters. The fraction of sp³-hybridized carbons (Fsp3) is 0.300. The second-order valence-electron chi connectivity index (χ2n) is 3.19. The normalized spacial score (nSPS) is 20.5. The first-order valence-electron chi connectivity index (χ1n) is 4.16. The molecule has 0 radical (unpaired) electrons. The predicted octanol–water partition coefficient (Wildman–Crippen LogP) is 2.00. The lowest BCUT2D eigenvalue weighted by atomic mass is 10.0. The highest BCUT2D eigenvalue weighted by atomic mass is 32.1. The zero-order chi connectivity index (χ0) is 8.55. The quantitative estimate of drug-likeness (QED) is 0.664. The number of rotatable bonds is 1. The maximum Gasteiger partial charge on any atom is 0.0803 e. The maximum absolute atomic E-state index is 5.64. The summed E-state index contributed by atoms with van der Waals surface area (Å²) in [5.41, 5.74) is 8.39. The lowest BCUT2D eigenvalue weighted by molar-refractivity contribution is 0.852. The van der Waals surface area contributed by atoms with Crippen LogP contribution in [-0.2, 0) is 6.42 Å². The third kappa shape index (κ3) is 1.12. The van der Waals surface area contributed by atoms with E-state index < -0.39 is 0 Å². The molecular formula is C10H11NS. The molecule has 0 aromatic heterocycles. The Kier molecular flexibility index (Phi) is 1.85. The summed E-state index contributed by atoms with van der Waals surface area (Å²) in [5.74, 6) is 0.330.